The standard InChI is InChI=1S/C33H35GeN3O/c1-17(2)32-36-29(25-13-10-18(3)26-23-14-11-20(5)35-33(23)38-31(25)26)24-15-12-22-16-19(4)28(34(7,8)9)21(6)27(22)30(24)37-32/h10-17H,1-9H3. The predicted octanol–water partition coefficient (Wildman–Crippen LogP) is 8.65. The zero-order chi connectivity index (χ0) is 27.1. The number of rotatable bonds is 3. The number of pyridine rings is 1. The van der Waals surface area contributed by atoms with E-state index in [1.54, 1.807) is 4.40 Å². The summed E-state index contributed by atoms with van der Waals surface area (Å²) in [6.07, 6.45) is 0. The first-order valence-corrected chi connectivity index (χ1v) is 20.8. The van der Waals surface area contributed by atoms with E-state index in [4.69, 9.17) is 19.4 Å². The molecule has 0 amide bonds. The van der Waals surface area contributed by atoms with Crippen LogP contribution in [0.2, 0.25) is 17.3 Å². The number of benzene rings is 3. The van der Waals surface area contributed by atoms with E-state index < -0.39 is 13.3 Å². The fourth-order valence-electron chi connectivity index (χ4n) is 6.29. The quantitative estimate of drug-likeness (QED) is 0.160. The van der Waals surface area contributed by atoms with Crippen LogP contribution in [0.3, 0.4) is 0 Å². The fraction of sp³-hybridized carbons (Fsp3) is 0.303. The summed E-state index contributed by atoms with van der Waals surface area (Å²) in [5.74, 6) is 8.49. The van der Waals surface area contributed by atoms with Gasteiger partial charge in [-0.3, -0.25) is 0 Å². The molecule has 0 aliphatic carbocycles. The second kappa shape index (κ2) is 8.64. The number of fused-ring (bicyclic) bond motifs is 6. The van der Waals surface area contributed by atoms with E-state index in [1.807, 2.05) is 6.92 Å². The molecule has 0 saturated carbocycles. The van der Waals surface area contributed by atoms with Crippen LogP contribution in [0.5, 0.6) is 0 Å². The van der Waals surface area contributed by atoms with E-state index in [2.05, 4.69) is 94.4 Å². The van der Waals surface area contributed by atoms with Crippen molar-refractivity contribution in [3.8, 4) is 11.3 Å². The molecule has 0 saturated heterocycles. The Labute approximate surface area is 226 Å². The van der Waals surface area contributed by atoms with Crippen molar-refractivity contribution in [2.24, 2.45) is 0 Å². The van der Waals surface area contributed by atoms with Crippen molar-refractivity contribution in [2.45, 2.75) is 64.7 Å². The van der Waals surface area contributed by atoms with Crippen molar-refractivity contribution in [2.75, 3.05) is 0 Å². The summed E-state index contributed by atoms with van der Waals surface area (Å²) in [5.41, 5.74) is 9.40. The van der Waals surface area contributed by atoms with Gasteiger partial charge in [0, 0.05) is 0 Å². The number of aryl methyl sites for hydroxylation is 4. The molecule has 4 nitrogen and oxygen atoms in total. The molecule has 38 heavy (non-hydrogen) atoms. The number of hydrogen-bond acceptors (Lipinski definition) is 4. The van der Waals surface area contributed by atoms with Gasteiger partial charge in [0.15, 0.2) is 0 Å². The maximum atomic E-state index is 6.48. The van der Waals surface area contributed by atoms with Crippen molar-refractivity contribution in [3.63, 3.8) is 0 Å². The summed E-state index contributed by atoms with van der Waals surface area (Å²) < 4.78 is 8.05. The molecule has 6 aromatic rings. The Bertz CT molecular complexity index is 1930. The van der Waals surface area contributed by atoms with E-state index in [-0.39, 0.29) is 5.92 Å². The van der Waals surface area contributed by atoms with Crippen LogP contribution >= 0.6 is 0 Å². The minimum absolute atomic E-state index is 0.194. The van der Waals surface area contributed by atoms with Crippen LogP contribution in [0.1, 0.15) is 48.0 Å². The SMILES string of the molecule is Cc1ccc2c(n1)oc1c(-c3nc(C(C)C)nc4c3ccc3cc(C)[c]([Ge]([CH3])([CH3])[CH3])c(C)c34)ccc(C)c12. The van der Waals surface area contributed by atoms with Crippen LogP contribution in [-0.4, -0.2) is 28.2 Å². The molecule has 0 aliphatic rings. The van der Waals surface area contributed by atoms with Gasteiger partial charge in [0.05, 0.1) is 0 Å². The molecule has 0 unspecified atom stereocenters. The summed E-state index contributed by atoms with van der Waals surface area (Å²) >= 11 is -2.13. The molecule has 0 atom stereocenters. The topological polar surface area (TPSA) is 51.8 Å². The van der Waals surface area contributed by atoms with Gasteiger partial charge in [-0.2, -0.15) is 0 Å². The second-order valence-electron chi connectivity index (χ2n) is 12.1. The summed E-state index contributed by atoms with van der Waals surface area (Å²) in [4.78, 5) is 15.1. The fourth-order valence-corrected chi connectivity index (χ4v) is 11.5. The zero-order valence-corrected chi connectivity index (χ0v) is 26.0. The Kier molecular flexibility index (Phi) is 5.69. The Morgan fingerprint density at radius 1 is 0.763 bits per heavy atom. The van der Waals surface area contributed by atoms with Gasteiger partial charge in [-0.25, -0.2) is 0 Å². The van der Waals surface area contributed by atoms with Gasteiger partial charge in [0.25, 0.3) is 0 Å². The van der Waals surface area contributed by atoms with Crippen LogP contribution in [0.4, 0.5) is 0 Å². The van der Waals surface area contributed by atoms with Crippen molar-refractivity contribution in [3.05, 3.63) is 70.7 Å². The minimum atomic E-state index is -2.13. The summed E-state index contributed by atoms with van der Waals surface area (Å²) in [5, 5.41) is 5.74. The summed E-state index contributed by atoms with van der Waals surface area (Å²) in [6, 6.07) is 15.3. The first kappa shape index (κ1) is 25.1. The van der Waals surface area contributed by atoms with Gasteiger partial charge >= 0.3 is 221 Å². The van der Waals surface area contributed by atoms with E-state index in [9.17, 15) is 0 Å². The monoisotopic (exact) mass is 563 g/mol. The third-order valence-corrected chi connectivity index (χ3v) is 12.6. The van der Waals surface area contributed by atoms with Crippen LogP contribution in [0.25, 0.3) is 55.0 Å². The first-order valence-electron chi connectivity index (χ1n) is 13.5. The predicted molar refractivity (Wildman–Crippen MR) is 164 cm³/mol. The molecule has 6 rings (SSSR count). The Morgan fingerprint density at radius 3 is 2.21 bits per heavy atom. The van der Waals surface area contributed by atoms with E-state index in [1.165, 1.54) is 27.5 Å². The normalized spacial score (nSPS) is 12.6. The van der Waals surface area contributed by atoms with Crippen molar-refractivity contribution in [1.82, 2.24) is 15.0 Å². The molecule has 0 aliphatic heterocycles. The Morgan fingerprint density at radius 2 is 1.50 bits per heavy atom. The molecule has 0 bridgehead atoms. The second-order valence-corrected chi connectivity index (χ2v) is 22.6. The summed E-state index contributed by atoms with van der Waals surface area (Å²) in [7, 11) is 0. The molecular weight excluding hydrogens is 527 g/mol. The van der Waals surface area contributed by atoms with E-state index in [0.29, 0.717) is 5.71 Å². The van der Waals surface area contributed by atoms with Crippen LogP contribution in [0, 0.1) is 27.7 Å². The third kappa shape index (κ3) is 3.76. The first-order chi connectivity index (χ1) is 18.0. The van der Waals surface area contributed by atoms with Crippen molar-refractivity contribution < 1.29 is 4.42 Å². The van der Waals surface area contributed by atoms with E-state index in [0.717, 1.165) is 50.0 Å². The molecule has 192 valence electrons. The van der Waals surface area contributed by atoms with Gasteiger partial charge in [-0.05, 0) is 6.92 Å². The van der Waals surface area contributed by atoms with Crippen LogP contribution in [-0.2, 0) is 0 Å². The summed E-state index contributed by atoms with van der Waals surface area (Å²) in [6.45, 7) is 13.0. The van der Waals surface area contributed by atoms with Gasteiger partial charge in [0.1, 0.15) is 0 Å². The van der Waals surface area contributed by atoms with Gasteiger partial charge in [0.2, 0.25) is 0 Å². The molecule has 5 heteroatoms. The van der Waals surface area contributed by atoms with E-state index >= 15 is 0 Å². The molecule has 0 N–H and O–H groups in total. The number of hydrogen-bond donors (Lipinski definition) is 0. The van der Waals surface area contributed by atoms with Crippen LogP contribution in [0.15, 0.2) is 46.9 Å². The Balaban J connectivity index is 1.78. The van der Waals surface area contributed by atoms with Crippen LogP contribution < -0.4 is 4.40 Å². The van der Waals surface area contributed by atoms with Gasteiger partial charge in [-0.1, -0.05) is 0 Å². The molecule has 0 radical (unpaired) electrons. The average molecular weight is 562 g/mol. The molecule has 3 heterocycles. The Hall–Kier alpha value is -3.25. The van der Waals surface area contributed by atoms with Gasteiger partial charge < -0.3 is 0 Å². The number of nitrogens with zero attached hydrogens (tertiary/aromatic N) is 3. The van der Waals surface area contributed by atoms with Crippen molar-refractivity contribution >= 4 is 61.4 Å². The zero-order valence-electron chi connectivity index (χ0n) is 23.9. The van der Waals surface area contributed by atoms with Gasteiger partial charge in [-0.15, -0.1) is 0 Å². The molecule has 0 fully saturated rings. The van der Waals surface area contributed by atoms with Crippen molar-refractivity contribution in [1.29, 1.82) is 0 Å². The molecule has 0 spiro atoms. The molecule has 3 aromatic heterocycles. The molecule has 3 aromatic carbocycles. The third-order valence-electron chi connectivity index (χ3n) is 7.79. The number of furan rings is 1. The maximum absolute atomic E-state index is 6.48. The number of aromatic nitrogens is 3. The average Bonchev–Trinajstić information content (AvgIpc) is 3.21. The molecular formula is C33H35GeN3O.